The zero-order valence-electron chi connectivity index (χ0n) is 11.5. The SMILES string of the molecule is Cc1nnc(NC(=O)c2cc3c(cc2N)OCO3)nc1C. The maximum atomic E-state index is 12.2. The van der Waals surface area contributed by atoms with Crippen LogP contribution in [0.1, 0.15) is 21.7 Å². The van der Waals surface area contributed by atoms with Crippen LogP contribution in [0.4, 0.5) is 11.6 Å². The van der Waals surface area contributed by atoms with Crippen LogP contribution in [0.3, 0.4) is 0 Å². The Morgan fingerprint density at radius 2 is 1.90 bits per heavy atom. The summed E-state index contributed by atoms with van der Waals surface area (Å²) in [5.41, 5.74) is 7.80. The van der Waals surface area contributed by atoms with E-state index in [4.69, 9.17) is 15.2 Å². The van der Waals surface area contributed by atoms with E-state index in [0.29, 0.717) is 22.9 Å². The second kappa shape index (κ2) is 4.89. The molecule has 1 aromatic heterocycles. The number of rotatable bonds is 2. The van der Waals surface area contributed by atoms with E-state index in [-0.39, 0.29) is 24.0 Å². The molecule has 0 aliphatic carbocycles. The third-order valence-corrected chi connectivity index (χ3v) is 3.11. The molecule has 0 saturated heterocycles. The van der Waals surface area contributed by atoms with Crippen molar-refractivity contribution in [1.82, 2.24) is 15.2 Å². The molecule has 0 radical (unpaired) electrons. The summed E-state index contributed by atoms with van der Waals surface area (Å²) >= 11 is 0. The molecule has 0 saturated carbocycles. The largest absolute Gasteiger partial charge is 0.454 e. The average molecular weight is 287 g/mol. The summed E-state index contributed by atoms with van der Waals surface area (Å²) in [5, 5.41) is 10.3. The van der Waals surface area contributed by atoms with Crippen LogP contribution in [0.5, 0.6) is 11.5 Å². The van der Waals surface area contributed by atoms with Crippen LogP contribution in [0, 0.1) is 13.8 Å². The summed E-state index contributed by atoms with van der Waals surface area (Å²) in [6, 6.07) is 3.08. The number of benzene rings is 1. The summed E-state index contributed by atoms with van der Waals surface area (Å²) in [6.45, 7) is 3.69. The van der Waals surface area contributed by atoms with Gasteiger partial charge in [0.2, 0.25) is 12.7 Å². The van der Waals surface area contributed by atoms with Crippen LogP contribution in [0.2, 0.25) is 0 Å². The minimum absolute atomic E-state index is 0.115. The number of hydrogen-bond acceptors (Lipinski definition) is 7. The molecule has 0 spiro atoms. The summed E-state index contributed by atoms with van der Waals surface area (Å²) in [5.74, 6) is 0.692. The fourth-order valence-corrected chi connectivity index (χ4v) is 1.83. The van der Waals surface area contributed by atoms with Gasteiger partial charge in [0.25, 0.3) is 5.91 Å². The molecule has 108 valence electrons. The molecule has 2 heterocycles. The number of nitrogens with one attached hydrogen (secondary N) is 1. The van der Waals surface area contributed by atoms with Crippen LogP contribution in [0.25, 0.3) is 0 Å². The minimum atomic E-state index is -0.434. The molecule has 8 heteroatoms. The van der Waals surface area contributed by atoms with Gasteiger partial charge < -0.3 is 15.2 Å². The van der Waals surface area contributed by atoms with Crippen molar-refractivity contribution in [3.63, 3.8) is 0 Å². The van der Waals surface area contributed by atoms with Crippen molar-refractivity contribution in [1.29, 1.82) is 0 Å². The number of ether oxygens (including phenoxy) is 2. The molecule has 0 atom stereocenters. The molecule has 1 aliphatic rings. The minimum Gasteiger partial charge on any atom is -0.454 e. The van der Waals surface area contributed by atoms with E-state index in [1.165, 1.54) is 6.07 Å². The first-order chi connectivity index (χ1) is 10.0. The number of aromatic nitrogens is 3. The standard InChI is InChI=1S/C13H13N5O3/c1-6-7(2)17-18-13(15-6)16-12(19)8-3-10-11(4-9(8)14)21-5-20-10/h3-4H,5,14H2,1-2H3,(H,15,16,18,19). The lowest BCUT2D eigenvalue weighted by molar-refractivity contribution is 0.102. The third kappa shape index (κ3) is 2.42. The van der Waals surface area contributed by atoms with Gasteiger partial charge in [-0.15, -0.1) is 5.10 Å². The van der Waals surface area contributed by atoms with Gasteiger partial charge >= 0.3 is 0 Å². The predicted molar refractivity (Wildman–Crippen MR) is 74.2 cm³/mol. The van der Waals surface area contributed by atoms with Gasteiger partial charge in [0.15, 0.2) is 11.5 Å². The number of nitrogens with two attached hydrogens (primary N) is 1. The Bertz CT molecular complexity index is 732. The molecule has 1 aromatic carbocycles. The van der Waals surface area contributed by atoms with Crippen molar-refractivity contribution < 1.29 is 14.3 Å². The zero-order valence-corrected chi connectivity index (χ0v) is 11.5. The fraction of sp³-hybridized carbons (Fsp3) is 0.231. The van der Waals surface area contributed by atoms with Gasteiger partial charge in [0.05, 0.1) is 17.0 Å². The Kier molecular flexibility index (Phi) is 3.05. The molecular weight excluding hydrogens is 274 g/mol. The molecule has 1 amide bonds. The van der Waals surface area contributed by atoms with Crippen molar-refractivity contribution in [2.45, 2.75) is 13.8 Å². The number of fused-ring (bicyclic) bond motifs is 1. The highest BCUT2D eigenvalue weighted by atomic mass is 16.7. The molecule has 0 bridgehead atoms. The summed E-state index contributed by atoms with van der Waals surface area (Å²) in [6.07, 6.45) is 0. The first-order valence-corrected chi connectivity index (χ1v) is 6.23. The summed E-state index contributed by atoms with van der Waals surface area (Å²) in [7, 11) is 0. The van der Waals surface area contributed by atoms with E-state index in [1.54, 1.807) is 19.9 Å². The highest BCUT2D eigenvalue weighted by Crippen LogP contribution is 2.36. The fourth-order valence-electron chi connectivity index (χ4n) is 1.83. The lowest BCUT2D eigenvalue weighted by Gasteiger charge is -2.08. The maximum Gasteiger partial charge on any atom is 0.260 e. The zero-order chi connectivity index (χ0) is 15.0. The second-order valence-corrected chi connectivity index (χ2v) is 4.55. The molecule has 8 nitrogen and oxygen atoms in total. The maximum absolute atomic E-state index is 12.2. The van der Waals surface area contributed by atoms with E-state index >= 15 is 0 Å². The first kappa shape index (κ1) is 13.1. The number of anilines is 2. The van der Waals surface area contributed by atoms with E-state index in [2.05, 4.69) is 20.5 Å². The molecule has 0 unspecified atom stereocenters. The van der Waals surface area contributed by atoms with Crippen molar-refractivity contribution >= 4 is 17.5 Å². The predicted octanol–water partition coefficient (Wildman–Crippen LogP) is 1.05. The Labute approximate surface area is 120 Å². The summed E-state index contributed by atoms with van der Waals surface area (Å²) < 4.78 is 10.4. The van der Waals surface area contributed by atoms with Crippen LogP contribution < -0.4 is 20.5 Å². The van der Waals surface area contributed by atoms with Gasteiger partial charge in [0, 0.05) is 11.8 Å². The van der Waals surface area contributed by atoms with Gasteiger partial charge in [-0.3, -0.25) is 10.1 Å². The third-order valence-electron chi connectivity index (χ3n) is 3.11. The van der Waals surface area contributed by atoms with E-state index in [0.717, 1.165) is 0 Å². The lowest BCUT2D eigenvalue weighted by Crippen LogP contribution is -2.17. The van der Waals surface area contributed by atoms with Crippen LogP contribution in [-0.4, -0.2) is 27.9 Å². The number of carbonyl (C=O) groups excluding carboxylic acids is 1. The van der Waals surface area contributed by atoms with Crippen molar-refractivity contribution in [2.75, 3.05) is 17.8 Å². The van der Waals surface area contributed by atoms with Gasteiger partial charge in [-0.2, -0.15) is 5.10 Å². The van der Waals surface area contributed by atoms with Gasteiger partial charge in [0.1, 0.15) is 0 Å². The Morgan fingerprint density at radius 1 is 1.19 bits per heavy atom. The quantitative estimate of drug-likeness (QED) is 0.794. The second-order valence-electron chi connectivity index (χ2n) is 4.55. The molecule has 1 aliphatic heterocycles. The molecule has 0 fully saturated rings. The Balaban J connectivity index is 1.87. The highest BCUT2D eigenvalue weighted by molar-refractivity contribution is 6.07. The van der Waals surface area contributed by atoms with Crippen LogP contribution in [-0.2, 0) is 0 Å². The lowest BCUT2D eigenvalue weighted by atomic mass is 10.1. The van der Waals surface area contributed by atoms with Crippen molar-refractivity contribution in [2.24, 2.45) is 0 Å². The van der Waals surface area contributed by atoms with Crippen molar-refractivity contribution in [3.8, 4) is 11.5 Å². The van der Waals surface area contributed by atoms with Gasteiger partial charge in [-0.05, 0) is 19.9 Å². The van der Waals surface area contributed by atoms with E-state index < -0.39 is 5.91 Å². The molecule has 3 N–H and O–H groups in total. The molecular formula is C13H13N5O3. The monoisotopic (exact) mass is 287 g/mol. The number of aryl methyl sites for hydroxylation is 2. The Hall–Kier alpha value is -2.90. The van der Waals surface area contributed by atoms with Crippen LogP contribution in [0.15, 0.2) is 12.1 Å². The highest BCUT2D eigenvalue weighted by Gasteiger charge is 2.20. The van der Waals surface area contributed by atoms with Gasteiger partial charge in [-0.1, -0.05) is 0 Å². The number of amides is 1. The molecule has 3 rings (SSSR count). The molecule has 2 aromatic rings. The number of nitrogens with zero attached hydrogens (tertiary/aromatic N) is 3. The number of carbonyl (C=O) groups is 1. The Morgan fingerprint density at radius 3 is 2.62 bits per heavy atom. The average Bonchev–Trinajstić information content (AvgIpc) is 2.89. The smallest absolute Gasteiger partial charge is 0.260 e. The number of nitrogen functional groups attached to an aromatic ring is 1. The van der Waals surface area contributed by atoms with E-state index in [9.17, 15) is 4.79 Å². The molecule has 21 heavy (non-hydrogen) atoms. The number of hydrogen-bond donors (Lipinski definition) is 2. The van der Waals surface area contributed by atoms with Crippen molar-refractivity contribution in [3.05, 3.63) is 29.1 Å². The topological polar surface area (TPSA) is 112 Å². The van der Waals surface area contributed by atoms with E-state index in [1.807, 2.05) is 0 Å². The van der Waals surface area contributed by atoms with Crippen LogP contribution >= 0.6 is 0 Å². The summed E-state index contributed by atoms with van der Waals surface area (Å²) in [4.78, 5) is 16.4. The normalized spacial score (nSPS) is 12.3. The first-order valence-electron chi connectivity index (χ1n) is 6.23. The van der Waals surface area contributed by atoms with Gasteiger partial charge in [-0.25, -0.2) is 4.98 Å².